The summed E-state index contributed by atoms with van der Waals surface area (Å²) in [7, 11) is 0. The van der Waals surface area contributed by atoms with Crippen LogP contribution in [0.5, 0.6) is 0 Å². The fraction of sp³-hybridized carbons (Fsp3) is 0.909. The lowest BCUT2D eigenvalue weighted by Gasteiger charge is -2.27. The Morgan fingerprint density at radius 1 is 1.50 bits per heavy atom. The van der Waals surface area contributed by atoms with Crippen molar-refractivity contribution in [1.29, 1.82) is 0 Å². The van der Waals surface area contributed by atoms with Crippen LogP contribution in [0.3, 0.4) is 0 Å². The first kappa shape index (κ1) is 11.5. The normalized spacial score (nSPS) is 20.4. The first-order chi connectivity index (χ1) is 6.64. The fourth-order valence-corrected chi connectivity index (χ4v) is 2.00. The highest BCUT2D eigenvalue weighted by Gasteiger charge is 2.37. The number of hydrogen-bond acceptors (Lipinski definition) is 2. The average Bonchev–Trinajstić information content (AvgIpc) is 2.95. The lowest BCUT2D eigenvalue weighted by molar-refractivity contribution is -0.149. The molecule has 1 aliphatic rings. The summed E-state index contributed by atoms with van der Waals surface area (Å²) in [4.78, 5) is 11.2. The van der Waals surface area contributed by atoms with Crippen molar-refractivity contribution in [2.45, 2.75) is 45.4 Å². The van der Waals surface area contributed by atoms with Crippen molar-refractivity contribution in [1.82, 2.24) is 0 Å². The molecule has 82 valence electrons. The molecule has 1 saturated carbocycles. The van der Waals surface area contributed by atoms with E-state index in [0.717, 1.165) is 25.2 Å². The van der Waals surface area contributed by atoms with Crippen molar-refractivity contribution < 1.29 is 9.90 Å². The number of hydrogen-bond donors (Lipinski definition) is 2. The molecule has 3 heteroatoms. The highest BCUT2D eigenvalue weighted by molar-refractivity contribution is 5.74. The standard InChI is InChI=1S/C11H21NO2/c1-2-6-11(8-12,10(13)14)7-5-9-3-4-9/h9H,2-8,12H2,1H3,(H,13,14). The van der Waals surface area contributed by atoms with Crippen LogP contribution >= 0.6 is 0 Å². The van der Waals surface area contributed by atoms with Gasteiger partial charge in [-0.2, -0.15) is 0 Å². The molecule has 1 rings (SSSR count). The molecule has 0 spiro atoms. The van der Waals surface area contributed by atoms with Gasteiger partial charge in [0.1, 0.15) is 0 Å². The molecule has 3 nitrogen and oxygen atoms in total. The predicted molar refractivity (Wildman–Crippen MR) is 56.0 cm³/mol. The van der Waals surface area contributed by atoms with Crippen LogP contribution in [-0.2, 0) is 4.79 Å². The third-order valence-electron chi connectivity index (χ3n) is 3.30. The minimum atomic E-state index is -0.706. The number of rotatable bonds is 7. The molecule has 0 aromatic carbocycles. The monoisotopic (exact) mass is 199 g/mol. The molecule has 1 atom stereocenters. The Morgan fingerprint density at radius 3 is 2.50 bits per heavy atom. The second kappa shape index (κ2) is 4.78. The van der Waals surface area contributed by atoms with Gasteiger partial charge in [0.05, 0.1) is 5.41 Å². The Bertz CT molecular complexity index is 201. The predicted octanol–water partition coefficient (Wildman–Crippen LogP) is 2.01. The van der Waals surface area contributed by atoms with Crippen LogP contribution in [0.1, 0.15) is 45.4 Å². The molecule has 1 aliphatic carbocycles. The van der Waals surface area contributed by atoms with Gasteiger partial charge in [0.25, 0.3) is 0 Å². The summed E-state index contributed by atoms with van der Waals surface area (Å²) in [5, 5.41) is 9.21. The smallest absolute Gasteiger partial charge is 0.310 e. The topological polar surface area (TPSA) is 63.3 Å². The Hall–Kier alpha value is -0.570. The van der Waals surface area contributed by atoms with E-state index in [1.54, 1.807) is 0 Å². The number of carboxylic acids is 1. The highest BCUT2D eigenvalue weighted by atomic mass is 16.4. The maximum atomic E-state index is 11.2. The van der Waals surface area contributed by atoms with Crippen molar-refractivity contribution in [3.05, 3.63) is 0 Å². The van der Waals surface area contributed by atoms with Crippen LogP contribution in [0, 0.1) is 11.3 Å². The van der Waals surface area contributed by atoms with Crippen LogP contribution in [0.4, 0.5) is 0 Å². The molecule has 3 N–H and O–H groups in total. The van der Waals surface area contributed by atoms with Crippen LogP contribution in [-0.4, -0.2) is 17.6 Å². The van der Waals surface area contributed by atoms with Crippen LogP contribution in [0.15, 0.2) is 0 Å². The van der Waals surface area contributed by atoms with E-state index < -0.39 is 11.4 Å². The molecule has 0 bridgehead atoms. The number of carboxylic acid groups (broad SMARTS) is 1. The van der Waals surface area contributed by atoms with Crippen molar-refractivity contribution in [2.24, 2.45) is 17.1 Å². The van der Waals surface area contributed by atoms with Gasteiger partial charge >= 0.3 is 5.97 Å². The van der Waals surface area contributed by atoms with E-state index >= 15 is 0 Å². The summed E-state index contributed by atoms with van der Waals surface area (Å²) >= 11 is 0. The maximum Gasteiger partial charge on any atom is 0.310 e. The summed E-state index contributed by atoms with van der Waals surface area (Å²) in [5.41, 5.74) is 4.98. The average molecular weight is 199 g/mol. The van der Waals surface area contributed by atoms with Gasteiger partial charge in [-0.15, -0.1) is 0 Å². The summed E-state index contributed by atoms with van der Waals surface area (Å²) < 4.78 is 0. The van der Waals surface area contributed by atoms with Gasteiger partial charge in [-0.1, -0.05) is 26.2 Å². The second-order valence-corrected chi connectivity index (χ2v) is 4.52. The molecule has 14 heavy (non-hydrogen) atoms. The van der Waals surface area contributed by atoms with E-state index in [9.17, 15) is 9.90 Å². The van der Waals surface area contributed by atoms with Crippen molar-refractivity contribution in [2.75, 3.05) is 6.54 Å². The molecule has 1 fully saturated rings. The van der Waals surface area contributed by atoms with Gasteiger partial charge in [0.2, 0.25) is 0 Å². The maximum absolute atomic E-state index is 11.2. The summed E-state index contributed by atoms with van der Waals surface area (Å²) in [5.74, 6) is 0.0830. The van der Waals surface area contributed by atoms with Crippen molar-refractivity contribution >= 4 is 5.97 Å². The summed E-state index contributed by atoms with van der Waals surface area (Å²) in [6.45, 7) is 2.30. The SMILES string of the molecule is CCCC(CN)(CCC1CC1)C(=O)O. The van der Waals surface area contributed by atoms with Crippen LogP contribution in [0.25, 0.3) is 0 Å². The highest BCUT2D eigenvalue weighted by Crippen LogP contribution is 2.39. The Morgan fingerprint density at radius 2 is 2.14 bits per heavy atom. The lowest BCUT2D eigenvalue weighted by atomic mass is 9.78. The number of carbonyl (C=O) groups is 1. The van der Waals surface area contributed by atoms with Crippen molar-refractivity contribution in [3.8, 4) is 0 Å². The molecule has 0 radical (unpaired) electrons. The van der Waals surface area contributed by atoms with Gasteiger partial charge in [-0.05, 0) is 25.2 Å². The van der Waals surface area contributed by atoms with Crippen LogP contribution in [0.2, 0.25) is 0 Å². The van der Waals surface area contributed by atoms with Gasteiger partial charge in [0, 0.05) is 6.54 Å². The molecule has 0 amide bonds. The zero-order valence-corrected chi connectivity index (χ0v) is 8.96. The van der Waals surface area contributed by atoms with E-state index in [-0.39, 0.29) is 6.54 Å². The molecule has 0 aromatic heterocycles. The van der Waals surface area contributed by atoms with E-state index in [2.05, 4.69) is 0 Å². The van der Waals surface area contributed by atoms with E-state index in [0.29, 0.717) is 6.42 Å². The van der Waals surface area contributed by atoms with E-state index in [1.165, 1.54) is 12.8 Å². The van der Waals surface area contributed by atoms with Crippen LogP contribution < -0.4 is 5.73 Å². The Kier molecular flexibility index (Phi) is 3.93. The molecule has 0 heterocycles. The van der Waals surface area contributed by atoms with Gasteiger partial charge in [-0.25, -0.2) is 0 Å². The largest absolute Gasteiger partial charge is 0.481 e. The Balaban J connectivity index is 2.50. The zero-order valence-electron chi connectivity index (χ0n) is 8.96. The molecule has 1 unspecified atom stereocenters. The van der Waals surface area contributed by atoms with E-state index in [4.69, 9.17) is 5.73 Å². The van der Waals surface area contributed by atoms with Gasteiger partial charge in [-0.3, -0.25) is 4.79 Å². The number of nitrogens with two attached hydrogens (primary N) is 1. The Labute approximate surface area is 85.7 Å². The third kappa shape index (κ3) is 2.71. The summed E-state index contributed by atoms with van der Waals surface area (Å²) in [6, 6.07) is 0. The van der Waals surface area contributed by atoms with Crippen molar-refractivity contribution in [3.63, 3.8) is 0 Å². The minimum absolute atomic E-state index is 0.281. The molecular weight excluding hydrogens is 178 g/mol. The fourth-order valence-electron chi connectivity index (χ4n) is 2.00. The molecular formula is C11H21NO2. The van der Waals surface area contributed by atoms with E-state index in [1.807, 2.05) is 6.92 Å². The summed E-state index contributed by atoms with van der Waals surface area (Å²) in [6.07, 6.45) is 5.99. The first-order valence-corrected chi connectivity index (χ1v) is 5.58. The second-order valence-electron chi connectivity index (χ2n) is 4.52. The molecule has 0 aromatic rings. The quantitative estimate of drug-likeness (QED) is 0.659. The number of aliphatic carboxylic acids is 1. The zero-order chi connectivity index (χ0) is 10.6. The first-order valence-electron chi connectivity index (χ1n) is 5.58. The van der Waals surface area contributed by atoms with Gasteiger partial charge < -0.3 is 10.8 Å². The minimum Gasteiger partial charge on any atom is -0.481 e. The van der Waals surface area contributed by atoms with Gasteiger partial charge in [0.15, 0.2) is 0 Å². The molecule has 0 saturated heterocycles. The third-order valence-corrected chi connectivity index (χ3v) is 3.30. The molecule has 0 aliphatic heterocycles. The lowest BCUT2D eigenvalue weighted by Crippen LogP contribution is -2.38.